The monoisotopic (exact) mass is 246 g/mol. The average Bonchev–Trinajstić information content (AvgIpc) is 2.61. The van der Waals surface area contributed by atoms with Crippen LogP contribution in [0.5, 0.6) is 0 Å². The summed E-state index contributed by atoms with van der Waals surface area (Å²) in [4.78, 5) is 23.7. The summed E-state index contributed by atoms with van der Waals surface area (Å²) in [7, 11) is 0. The van der Waals surface area contributed by atoms with Crippen LogP contribution in [0.1, 0.15) is 33.6 Å². The quantitative estimate of drug-likeness (QED) is 0.616. The Bertz CT molecular complexity index is 496. The average molecular weight is 246 g/mol. The molecule has 1 aliphatic heterocycles. The molecule has 3 heteroatoms. The lowest BCUT2D eigenvalue weighted by atomic mass is 9.66. The van der Waals surface area contributed by atoms with E-state index in [1.165, 1.54) is 0 Å². The molecule has 96 valence electrons. The van der Waals surface area contributed by atoms with Crippen molar-refractivity contribution in [2.45, 2.75) is 39.7 Å². The van der Waals surface area contributed by atoms with Gasteiger partial charge in [-0.2, -0.15) is 0 Å². The predicted molar refractivity (Wildman–Crippen MR) is 66.7 cm³/mol. The van der Waals surface area contributed by atoms with Gasteiger partial charge in [0.25, 0.3) is 0 Å². The molecular formula is C15H18O3. The third kappa shape index (κ3) is 1.36. The zero-order chi connectivity index (χ0) is 13.1. The molecule has 3 nitrogen and oxygen atoms in total. The first-order chi connectivity index (χ1) is 8.43. The first kappa shape index (κ1) is 11.7. The van der Waals surface area contributed by atoms with Crippen molar-refractivity contribution >= 4 is 11.8 Å². The number of carbonyl (C=O) groups is 2. The minimum Gasteiger partial charge on any atom is -0.457 e. The van der Waals surface area contributed by atoms with E-state index in [1.807, 2.05) is 26.8 Å². The van der Waals surface area contributed by atoms with Crippen LogP contribution in [-0.2, 0) is 14.3 Å². The maximum absolute atomic E-state index is 12.0. The van der Waals surface area contributed by atoms with Crippen molar-refractivity contribution < 1.29 is 14.3 Å². The Morgan fingerprint density at radius 1 is 1.28 bits per heavy atom. The number of rotatable bonds is 0. The number of ether oxygens (including phenoxy) is 1. The second kappa shape index (κ2) is 3.56. The Labute approximate surface area is 107 Å². The SMILES string of the molecule is C[C@@H]1C(=O)OC2C3=C(CCC21)C(C)(C)C(=O)C=C3. The van der Waals surface area contributed by atoms with Gasteiger partial charge in [-0.1, -0.05) is 13.0 Å². The molecule has 3 aliphatic rings. The van der Waals surface area contributed by atoms with Crippen molar-refractivity contribution in [3.05, 3.63) is 23.3 Å². The van der Waals surface area contributed by atoms with E-state index in [4.69, 9.17) is 4.74 Å². The Morgan fingerprint density at radius 3 is 2.72 bits per heavy atom. The van der Waals surface area contributed by atoms with Gasteiger partial charge in [0.15, 0.2) is 5.78 Å². The molecule has 0 radical (unpaired) electrons. The van der Waals surface area contributed by atoms with Crippen LogP contribution in [0, 0.1) is 17.3 Å². The van der Waals surface area contributed by atoms with Gasteiger partial charge in [-0.05, 0) is 43.9 Å². The maximum Gasteiger partial charge on any atom is 0.309 e. The van der Waals surface area contributed by atoms with Gasteiger partial charge in [0.1, 0.15) is 6.10 Å². The molecule has 0 saturated carbocycles. The van der Waals surface area contributed by atoms with Gasteiger partial charge in [0, 0.05) is 11.3 Å². The van der Waals surface area contributed by atoms with Gasteiger partial charge in [-0.25, -0.2) is 0 Å². The zero-order valence-corrected chi connectivity index (χ0v) is 11.0. The summed E-state index contributed by atoms with van der Waals surface area (Å²) in [5.41, 5.74) is 1.81. The van der Waals surface area contributed by atoms with Gasteiger partial charge in [-0.3, -0.25) is 9.59 Å². The summed E-state index contributed by atoms with van der Waals surface area (Å²) in [6.07, 6.45) is 5.23. The lowest BCUT2D eigenvalue weighted by molar-refractivity contribution is -0.142. The van der Waals surface area contributed by atoms with Crippen molar-refractivity contribution in [2.75, 3.05) is 0 Å². The van der Waals surface area contributed by atoms with Crippen molar-refractivity contribution in [1.29, 1.82) is 0 Å². The molecule has 0 bridgehead atoms. The van der Waals surface area contributed by atoms with Crippen molar-refractivity contribution in [1.82, 2.24) is 0 Å². The topological polar surface area (TPSA) is 43.4 Å². The fourth-order valence-electron chi connectivity index (χ4n) is 3.47. The van der Waals surface area contributed by atoms with Crippen LogP contribution < -0.4 is 0 Å². The molecule has 18 heavy (non-hydrogen) atoms. The first-order valence-electron chi connectivity index (χ1n) is 6.59. The molecule has 0 aromatic heterocycles. The lowest BCUT2D eigenvalue weighted by Crippen LogP contribution is -2.36. The molecule has 0 aromatic rings. The Balaban J connectivity index is 2.06. The molecule has 0 spiro atoms. The van der Waals surface area contributed by atoms with Crippen LogP contribution in [-0.4, -0.2) is 17.9 Å². The molecule has 1 fully saturated rings. The van der Waals surface area contributed by atoms with Crippen molar-refractivity contribution in [3.63, 3.8) is 0 Å². The normalized spacial score (nSPS) is 37.4. The van der Waals surface area contributed by atoms with Crippen LogP contribution in [0.3, 0.4) is 0 Å². The molecule has 2 unspecified atom stereocenters. The summed E-state index contributed by atoms with van der Waals surface area (Å²) >= 11 is 0. The Kier molecular flexibility index (Phi) is 2.31. The number of hydrogen-bond acceptors (Lipinski definition) is 3. The summed E-state index contributed by atoms with van der Waals surface area (Å²) in [6.45, 7) is 5.88. The van der Waals surface area contributed by atoms with Crippen LogP contribution in [0.15, 0.2) is 23.3 Å². The first-order valence-corrected chi connectivity index (χ1v) is 6.59. The molecular weight excluding hydrogens is 228 g/mol. The Hall–Kier alpha value is -1.38. The largest absolute Gasteiger partial charge is 0.457 e. The fraction of sp³-hybridized carbons (Fsp3) is 0.600. The standard InChI is InChI=1S/C15H18O3/c1-8-9-4-6-11-10(13(9)18-14(8)17)5-7-12(16)15(11,2)3/h5,7-9,13H,4,6H2,1-3H3/t8-,9?,13?/m0/s1. The minimum atomic E-state index is -0.437. The number of fused-ring (bicyclic) bond motifs is 2. The number of carbonyl (C=O) groups excluding carboxylic acids is 2. The highest BCUT2D eigenvalue weighted by Crippen LogP contribution is 2.48. The highest BCUT2D eigenvalue weighted by Gasteiger charge is 2.49. The van der Waals surface area contributed by atoms with E-state index in [0.717, 1.165) is 24.0 Å². The summed E-state index contributed by atoms with van der Waals surface area (Å²) in [6, 6.07) is 0. The van der Waals surface area contributed by atoms with Crippen LogP contribution in [0.2, 0.25) is 0 Å². The van der Waals surface area contributed by atoms with E-state index in [9.17, 15) is 9.59 Å². The molecule has 0 N–H and O–H groups in total. The molecule has 0 amide bonds. The molecule has 1 heterocycles. The van der Waals surface area contributed by atoms with E-state index in [1.54, 1.807) is 6.08 Å². The van der Waals surface area contributed by atoms with E-state index < -0.39 is 5.41 Å². The van der Waals surface area contributed by atoms with E-state index in [2.05, 4.69) is 0 Å². The van der Waals surface area contributed by atoms with Crippen molar-refractivity contribution in [3.8, 4) is 0 Å². The molecule has 0 aromatic carbocycles. The fourth-order valence-corrected chi connectivity index (χ4v) is 3.47. The van der Waals surface area contributed by atoms with Gasteiger partial charge in [0.2, 0.25) is 0 Å². The van der Waals surface area contributed by atoms with Crippen molar-refractivity contribution in [2.24, 2.45) is 17.3 Å². The zero-order valence-electron chi connectivity index (χ0n) is 11.0. The number of esters is 1. The van der Waals surface area contributed by atoms with E-state index in [0.29, 0.717) is 0 Å². The summed E-state index contributed by atoms with van der Waals surface area (Å²) in [5, 5.41) is 0. The predicted octanol–water partition coefficient (Wildman–Crippen LogP) is 2.42. The number of allylic oxidation sites excluding steroid dienone is 2. The summed E-state index contributed by atoms with van der Waals surface area (Å²) in [5.74, 6) is 0.321. The van der Waals surface area contributed by atoms with Gasteiger partial charge in [0.05, 0.1) is 5.92 Å². The second-order valence-electron chi connectivity index (χ2n) is 6.11. The van der Waals surface area contributed by atoms with Gasteiger partial charge >= 0.3 is 5.97 Å². The molecule has 1 saturated heterocycles. The van der Waals surface area contributed by atoms with Gasteiger partial charge in [-0.15, -0.1) is 0 Å². The number of ketones is 1. The smallest absolute Gasteiger partial charge is 0.309 e. The highest BCUT2D eigenvalue weighted by atomic mass is 16.6. The third-order valence-electron chi connectivity index (χ3n) is 4.81. The highest BCUT2D eigenvalue weighted by molar-refractivity contribution is 5.99. The summed E-state index contributed by atoms with van der Waals surface area (Å²) < 4.78 is 5.52. The molecule has 3 rings (SSSR count). The van der Waals surface area contributed by atoms with Crippen LogP contribution in [0.4, 0.5) is 0 Å². The minimum absolute atomic E-state index is 0.0156. The Morgan fingerprint density at radius 2 is 2.00 bits per heavy atom. The van der Waals surface area contributed by atoms with E-state index >= 15 is 0 Å². The van der Waals surface area contributed by atoms with Gasteiger partial charge < -0.3 is 4.74 Å². The van der Waals surface area contributed by atoms with E-state index in [-0.39, 0.29) is 29.7 Å². The number of hydrogen-bond donors (Lipinski definition) is 0. The lowest BCUT2D eigenvalue weighted by Gasteiger charge is -2.38. The molecule has 3 atom stereocenters. The third-order valence-corrected chi connectivity index (χ3v) is 4.81. The van der Waals surface area contributed by atoms with Crippen LogP contribution >= 0.6 is 0 Å². The second-order valence-corrected chi connectivity index (χ2v) is 6.11. The maximum atomic E-state index is 12.0. The molecule has 2 aliphatic carbocycles. The van der Waals surface area contributed by atoms with Crippen LogP contribution in [0.25, 0.3) is 0 Å².